The van der Waals surface area contributed by atoms with Crippen molar-refractivity contribution in [1.29, 1.82) is 0 Å². The molecule has 0 saturated carbocycles. The number of ether oxygens (including phenoxy) is 1. The van der Waals surface area contributed by atoms with E-state index in [0.717, 1.165) is 24.2 Å². The number of rotatable bonds is 7. The van der Waals surface area contributed by atoms with Crippen LogP contribution in [-0.2, 0) is 11.2 Å². The first-order valence-electron chi connectivity index (χ1n) is 8.44. The summed E-state index contributed by atoms with van der Waals surface area (Å²) >= 11 is 0. The Morgan fingerprint density at radius 3 is 2.39 bits per heavy atom. The number of hydrogen-bond acceptors (Lipinski definition) is 3. The number of ketones is 1. The molecule has 0 unspecified atom stereocenters. The van der Waals surface area contributed by atoms with Gasteiger partial charge in [-0.25, -0.2) is 0 Å². The number of amides is 1. The number of carbonyl (C=O) groups excluding carboxylic acids is 2. The molecule has 23 heavy (non-hydrogen) atoms. The van der Waals surface area contributed by atoms with E-state index in [9.17, 15) is 9.59 Å². The smallest absolute Gasteiger partial charge is 0.260 e. The van der Waals surface area contributed by atoms with Crippen LogP contribution in [0.2, 0.25) is 0 Å². The molecule has 0 spiro atoms. The number of nitrogens with zero attached hydrogens (tertiary/aromatic N) is 1. The normalized spacial score (nSPS) is 13.6. The van der Waals surface area contributed by atoms with Crippen molar-refractivity contribution in [3.63, 3.8) is 0 Å². The quantitative estimate of drug-likeness (QED) is 0.775. The highest BCUT2D eigenvalue weighted by Gasteiger charge is 2.23. The van der Waals surface area contributed by atoms with E-state index in [1.807, 2.05) is 23.1 Å². The molecule has 0 aliphatic heterocycles. The molecule has 0 aromatic heterocycles. The molecule has 0 saturated heterocycles. The fourth-order valence-corrected chi connectivity index (χ4v) is 2.98. The van der Waals surface area contributed by atoms with Gasteiger partial charge < -0.3 is 9.64 Å². The van der Waals surface area contributed by atoms with E-state index in [-0.39, 0.29) is 18.3 Å². The molecule has 1 aromatic carbocycles. The van der Waals surface area contributed by atoms with Gasteiger partial charge in [0.15, 0.2) is 12.4 Å². The lowest BCUT2D eigenvalue weighted by molar-refractivity contribution is -0.134. The molecule has 2 rings (SSSR count). The Bertz CT molecular complexity index is 568. The lowest BCUT2D eigenvalue weighted by Gasteiger charge is -2.26. The Morgan fingerprint density at radius 1 is 1.13 bits per heavy atom. The predicted octanol–water partition coefficient (Wildman–Crippen LogP) is 3.33. The fraction of sp³-hybridized carbons (Fsp3) is 0.579. The summed E-state index contributed by atoms with van der Waals surface area (Å²) in [4.78, 5) is 26.1. The Morgan fingerprint density at radius 2 is 1.78 bits per heavy atom. The molecule has 0 N–H and O–H groups in total. The van der Waals surface area contributed by atoms with Crippen LogP contribution in [0.1, 0.15) is 50.0 Å². The number of fused-ring (bicyclic) bond motifs is 1. The second-order valence-electron chi connectivity index (χ2n) is 7.08. The van der Waals surface area contributed by atoms with Crippen LogP contribution >= 0.6 is 0 Å². The van der Waals surface area contributed by atoms with Crippen molar-refractivity contribution in [1.82, 2.24) is 4.90 Å². The zero-order valence-electron chi connectivity index (χ0n) is 14.6. The van der Waals surface area contributed by atoms with Crippen LogP contribution in [0, 0.1) is 11.8 Å². The van der Waals surface area contributed by atoms with Gasteiger partial charge in [-0.2, -0.15) is 0 Å². The molecule has 0 fully saturated rings. The summed E-state index contributed by atoms with van der Waals surface area (Å²) in [7, 11) is 0. The van der Waals surface area contributed by atoms with E-state index in [4.69, 9.17) is 4.74 Å². The summed E-state index contributed by atoms with van der Waals surface area (Å²) in [5, 5.41) is 0. The third kappa shape index (κ3) is 4.57. The van der Waals surface area contributed by atoms with Crippen LogP contribution in [0.3, 0.4) is 0 Å². The number of hydrogen-bond donors (Lipinski definition) is 0. The second kappa shape index (κ2) is 7.62. The highest BCUT2D eigenvalue weighted by Crippen LogP contribution is 2.30. The molecule has 0 bridgehead atoms. The number of Topliss-reactive ketones (excluding diaryl/α,β-unsaturated/α-hetero) is 1. The molecule has 1 aliphatic rings. The lowest BCUT2D eigenvalue weighted by atomic mass is 10.1. The van der Waals surface area contributed by atoms with Gasteiger partial charge in [-0.3, -0.25) is 9.59 Å². The summed E-state index contributed by atoms with van der Waals surface area (Å²) in [6.07, 6.45) is 1.25. The van der Waals surface area contributed by atoms with Crippen molar-refractivity contribution < 1.29 is 14.3 Å². The molecule has 0 heterocycles. The van der Waals surface area contributed by atoms with Gasteiger partial charge in [-0.1, -0.05) is 39.8 Å². The van der Waals surface area contributed by atoms with Crippen molar-refractivity contribution in [3.05, 3.63) is 29.3 Å². The van der Waals surface area contributed by atoms with Gasteiger partial charge in [0.2, 0.25) is 0 Å². The third-order valence-corrected chi connectivity index (χ3v) is 3.91. The minimum absolute atomic E-state index is 0.00864. The first-order valence-corrected chi connectivity index (χ1v) is 8.44. The summed E-state index contributed by atoms with van der Waals surface area (Å²) in [5.41, 5.74) is 1.70. The first-order chi connectivity index (χ1) is 10.9. The molecule has 0 atom stereocenters. The van der Waals surface area contributed by atoms with E-state index in [2.05, 4.69) is 27.7 Å². The van der Waals surface area contributed by atoms with Crippen LogP contribution in [-0.4, -0.2) is 36.3 Å². The summed E-state index contributed by atoms with van der Waals surface area (Å²) in [6, 6.07) is 5.50. The maximum Gasteiger partial charge on any atom is 0.260 e. The minimum atomic E-state index is 0.00864. The summed E-state index contributed by atoms with van der Waals surface area (Å²) in [5.74, 6) is 1.70. The molecule has 1 amide bonds. The molecule has 4 heteroatoms. The lowest BCUT2D eigenvalue weighted by Crippen LogP contribution is -2.39. The molecular formula is C19H27NO3. The molecule has 4 nitrogen and oxygen atoms in total. The van der Waals surface area contributed by atoms with Gasteiger partial charge in [0.25, 0.3) is 5.91 Å². The van der Waals surface area contributed by atoms with Crippen LogP contribution in [0.15, 0.2) is 18.2 Å². The molecule has 0 radical (unpaired) electrons. The van der Waals surface area contributed by atoms with Crippen LogP contribution in [0.4, 0.5) is 0 Å². The van der Waals surface area contributed by atoms with E-state index >= 15 is 0 Å². The van der Waals surface area contributed by atoms with Crippen molar-refractivity contribution in [3.8, 4) is 5.75 Å². The monoisotopic (exact) mass is 317 g/mol. The van der Waals surface area contributed by atoms with Crippen LogP contribution in [0.25, 0.3) is 0 Å². The number of benzene rings is 1. The van der Waals surface area contributed by atoms with Gasteiger partial charge in [0, 0.05) is 30.6 Å². The van der Waals surface area contributed by atoms with Crippen molar-refractivity contribution in [2.24, 2.45) is 11.8 Å². The van der Waals surface area contributed by atoms with E-state index in [1.54, 1.807) is 0 Å². The van der Waals surface area contributed by atoms with Gasteiger partial charge >= 0.3 is 0 Å². The van der Waals surface area contributed by atoms with E-state index < -0.39 is 0 Å². The molecule has 1 aromatic rings. The van der Waals surface area contributed by atoms with E-state index in [0.29, 0.717) is 30.4 Å². The average molecular weight is 317 g/mol. The Hall–Kier alpha value is -1.84. The van der Waals surface area contributed by atoms with Crippen molar-refractivity contribution >= 4 is 11.7 Å². The van der Waals surface area contributed by atoms with Gasteiger partial charge in [-0.15, -0.1) is 0 Å². The Labute approximate surface area is 138 Å². The molecular weight excluding hydrogens is 290 g/mol. The standard InChI is InChI=1S/C19H27NO3/c1-13(2)10-20(11-14(3)4)19(22)12-23-18-7-5-6-15-16(18)8-9-17(15)21/h5-7,13-14H,8-12H2,1-4H3. The predicted molar refractivity (Wildman–Crippen MR) is 90.8 cm³/mol. The summed E-state index contributed by atoms with van der Waals surface area (Å²) < 4.78 is 5.76. The average Bonchev–Trinajstić information content (AvgIpc) is 2.85. The van der Waals surface area contributed by atoms with Gasteiger partial charge in [-0.05, 0) is 24.3 Å². The topological polar surface area (TPSA) is 46.6 Å². The second-order valence-corrected chi connectivity index (χ2v) is 7.08. The first kappa shape index (κ1) is 17.5. The Kier molecular flexibility index (Phi) is 5.80. The zero-order valence-corrected chi connectivity index (χ0v) is 14.6. The Balaban J connectivity index is 2.02. The third-order valence-electron chi connectivity index (χ3n) is 3.91. The highest BCUT2D eigenvalue weighted by atomic mass is 16.5. The maximum atomic E-state index is 12.5. The van der Waals surface area contributed by atoms with Crippen LogP contribution in [0.5, 0.6) is 5.75 Å². The molecule has 1 aliphatic carbocycles. The number of carbonyl (C=O) groups is 2. The summed E-state index contributed by atoms with van der Waals surface area (Å²) in [6.45, 7) is 9.95. The van der Waals surface area contributed by atoms with Crippen LogP contribution < -0.4 is 4.74 Å². The van der Waals surface area contributed by atoms with Gasteiger partial charge in [0.05, 0.1) is 0 Å². The fourth-order valence-electron chi connectivity index (χ4n) is 2.98. The van der Waals surface area contributed by atoms with Crippen molar-refractivity contribution in [2.75, 3.05) is 19.7 Å². The maximum absolute atomic E-state index is 12.5. The SMILES string of the molecule is CC(C)CN(CC(C)C)C(=O)COc1cccc2c1CCC2=O. The van der Waals surface area contributed by atoms with Gasteiger partial charge in [0.1, 0.15) is 5.75 Å². The largest absolute Gasteiger partial charge is 0.483 e. The van der Waals surface area contributed by atoms with Crippen molar-refractivity contribution in [2.45, 2.75) is 40.5 Å². The molecule has 126 valence electrons. The highest BCUT2D eigenvalue weighted by molar-refractivity contribution is 6.01. The van der Waals surface area contributed by atoms with E-state index in [1.165, 1.54) is 0 Å². The minimum Gasteiger partial charge on any atom is -0.483 e. The zero-order chi connectivity index (χ0) is 17.0.